The highest BCUT2D eigenvalue weighted by Crippen LogP contribution is 2.33. The average Bonchev–Trinajstić information content (AvgIpc) is 3.21. The summed E-state index contributed by atoms with van der Waals surface area (Å²) in [5.74, 6) is 1.65. The van der Waals surface area contributed by atoms with Crippen molar-refractivity contribution in [2.45, 2.75) is 25.8 Å². The van der Waals surface area contributed by atoms with Gasteiger partial charge in [-0.3, -0.25) is 14.5 Å². The van der Waals surface area contributed by atoms with Crippen molar-refractivity contribution in [1.82, 2.24) is 9.80 Å². The van der Waals surface area contributed by atoms with Crippen LogP contribution in [0, 0.1) is 0 Å². The Bertz CT molecular complexity index is 1220. The van der Waals surface area contributed by atoms with Gasteiger partial charge < -0.3 is 18.8 Å². The lowest BCUT2D eigenvalue weighted by Crippen LogP contribution is -2.35. The Balaban J connectivity index is 1.34. The zero-order valence-corrected chi connectivity index (χ0v) is 19.1. The van der Waals surface area contributed by atoms with Gasteiger partial charge in [-0.2, -0.15) is 0 Å². The Morgan fingerprint density at radius 2 is 1.94 bits per heavy atom. The van der Waals surface area contributed by atoms with E-state index in [1.165, 1.54) is 6.26 Å². The number of nitrogens with zero attached hydrogens (tertiary/aromatic N) is 2. The van der Waals surface area contributed by atoms with Crippen LogP contribution < -0.4 is 14.9 Å². The summed E-state index contributed by atoms with van der Waals surface area (Å²) >= 11 is 3.43. The molecular weight excluding hydrogens is 476 g/mol. The second kappa shape index (κ2) is 8.96. The highest BCUT2D eigenvalue weighted by molar-refractivity contribution is 9.10. The summed E-state index contributed by atoms with van der Waals surface area (Å²) in [5, 5.41) is 0.460. The molecule has 2 aliphatic heterocycles. The van der Waals surface area contributed by atoms with Crippen LogP contribution in [0.5, 0.6) is 17.2 Å². The summed E-state index contributed by atoms with van der Waals surface area (Å²) in [6.07, 6.45) is 3.86. The van der Waals surface area contributed by atoms with Gasteiger partial charge >= 0.3 is 0 Å². The van der Waals surface area contributed by atoms with Crippen molar-refractivity contribution in [2.24, 2.45) is 0 Å². The Kier molecular flexibility index (Phi) is 5.89. The Hall–Kier alpha value is -2.84. The quantitative estimate of drug-likeness (QED) is 0.497. The molecule has 1 saturated heterocycles. The molecule has 3 heterocycles. The lowest BCUT2D eigenvalue weighted by molar-refractivity contribution is -0.127. The minimum atomic E-state index is -0.227. The number of likely N-dealkylation sites (tertiary alicyclic amines) is 1. The fourth-order valence-corrected chi connectivity index (χ4v) is 4.59. The minimum Gasteiger partial charge on any atom is -0.478 e. The van der Waals surface area contributed by atoms with Crippen molar-refractivity contribution >= 4 is 32.8 Å². The molecule has 0 unspecified atom stereocenters. The Labute approximate surface area is 193 Å². The highest BCUT2D eigenvalue weighted by Gasteiger charge is 2.24. The first-order valence-corrected chi connectivity index (χ1v) is 11.5. The van der Waals surface area contributed by atoms with Crippen molar-refractivity contribution in [2.75, 3.05) is 26.4 Å². The number of benzene rings is 2. The molecule has 7 nitrogen and oxygen atoms in total. The van der Waals surface area contributed by atoms with Crippen molar-refractivity contribution < 1.29 is 18.7 Å². The smallest absolute Gasteiger partial charge is 0.235 e. The predicted octanol–water partition coefficient (Wildman–Crippen LogP) is 4.51. The van der Waals surface area contributed by atoms with Crippen molar-refractivity contribution in [1.29, 1.82) is 0 Å². The number of halogens is 1. The van der Waals surface area contributed by atoms with E-state index in [2.05, 4.69) is 20.8 Å². The third-order valence-electron chi connectivity index (χ3n) is 5.88. The van der Waals surface area contributed by atoms with Gasteiger partial charge in [0.1, 0.15) is 30.1 Å². The van der Waals surface area contributed by atoms with Crippen LogP contribution in [-0.4, -0.2) is 42.1 Å². The molecule has 5 rings (SSSR count). The Morgan fingerprint density at radius 3 is 2.75 bits per heavy atom. The molecule has 8 heteroatoms. The number of hydrogen-bond donors (Lipinski definition) is 0. The van der Waals surface area contributed by atoms with Gasteiger partial charge in [-0.25, -0.2) is 0 Å². The molecule has 32 heavy (non-hydrogen) atoms. The van der Waals surface area contributed by atoms with E-state index < -0.39 is 0 Å². The van der Waals surface area contributed by atoms with E-state index in [0.717, 1.165) is 48.3 Å². The maximum atomic E-state index is 13.1. The van der Waals surface area contributed by atoms with E-state index in [0.29, 0.717) is 36.4 Å². The summed E-state index contributed by atoms with van der Waals surface area (Å²) < 4.78 is 18.3. The standard InChI is InChI=1S/C24H23BrN2O5/c25-18-5-1-2-6-20(18)32-21-14-30-24-16(23(21)29)8-9-19-17(24)13-26(15-31-19)10-4-12-27-11-3-7-22(27)28/h1-2,5-6,8-9,14H,3-4,7,10-13,15H2. The van der Waals surface area contributed by atoms with Gasteiger partial charge in [0.05, 0.1) is 15.4 Å². The van der Waals surface area contributed by atoms with Gasteiger partial charge in [0.25, 0.3) is 0 Å². The van der Waals surface area contributed by atoms with Gasteiger partial charge in [0.15, 0.2) is 0 Å². The first kappa shape index (κ1) is 21.0. The summed E-state index contributed by atoms with van der Waals surface area (Å²) in [7, 11) is 0. The zero-order valence-electron chi connectivity index (χ0n) is 17.5. The summed E-state index contributed by atoms with van der Waals surface area (Å²) in [6, 6.07) is 10.9. The highest BCUT2D eigenvalue weighted by atomic mass is 79.9. The molecule has 0 atom stereocenters. The molecule has 0 N–H and O–H groups in total. The molecule has 0 radical (unpaired) electrons. The van der Waals surface area contributed by atoms with Crippen molar-refractivity contribution in [3.63, 3.8) is 0 Å². The topological polar surface area (TPSA) is 72.2 Å². The number of carbonyl (C=O) groups is 1. The van der Waals surface area contributed by atoms with Crippen LogP contribution in [0.25, 0.3) is 11.0 Å². The monoisotopic (exact) mass is 498 g/mol. The van der Waals surface area contributed by atoms with Gasteiger partial charge in [0, 0.05) is 32.6 Å². The van der Waals surface area contributed by atoms with Crippen LogP contribution in [0.2, 0.25) is 0 Å². The molecule has 3 aromatic rings. The molecule has 2 aliphatic rings. The summed E-state index contributed by atoms with van der Waals surface area (Å²) in [5.41, 5.74) is 1.15. The van der Waals surface area contributed by atoms with E-state index in [9.17, 15) is 9.59 Å². The lowest BCUT2D eigenvalue weighted by Gasteiger charge is -2.29. The van der Waals surface area contributed by atoms with Gasteiger partial charge in [-0.05, 0) is 53.0 Å². The molecule has 1 amide bonds. The number of fused-ring (bicyclic) bond motifs is 3. The van der Waals surface area contributed by atoms with Crippen molar-refractivity contribution in [3.8, 4) is 17.2 Å². The molecule has 1 aromatic heterocycles. The number of ether oxygens (including phenoxy) is 2. The van der Waals surface area contributed by atoms with Gasteiger partial charge in [-0.1, -0.05) is 12.1 Å². The molecule has 0 bridgehead atoms. The maximum absolute atomic E-state index is 13.1. The van der Waals surface area contributed by atoms with E-state index >= 15 is 0 Å². The van der Waals surface area contributed by atoms with E-state index in [1.807, 2.05) is 29.2 Å². The first-order chi connectivity index (χ1) is 15.6. The maximum Gasteiger partial charge on any atom is 0.235 e. The van der Waals surface area contributed by atoms with E-state index in [-0.39, 0.29) is 17.1 Å². The summed E-state index contributed by atoms with van der Waals surface area (Å²) in [4.78, 5) is 29.0. The summed E-state index contributed by atoms with van der Waals surface area (Å²) in [6.45, 7) is 3.52. The van der Waals surface area contributed by atoms with Crippen LogP contribution in [0.1, 0.15) is 24.8 Å². The van der Waals surface area contributed by atoms with Crippen LogP contribution >= 0.6 is 15.9 Å². The molecule has 0 spiro atoms. The first-order valence-electron chi connectivity index (χ1n) is 10.7. The fourth-order valence-electron chi connectivity index (χ4n) is 4.22. The minimum absolute atomic E-state index is 0.133. The fraction of sp³-hybridized carbons (Fsp3) is 0.333. The van der Waals surface area contributed by atoms with Crippen LogP contribution in [0.4, 0.5) is 0 Å². The molecule has 1 fully saturated rings. The van der Waals surface area contributed by atoms with E-state index in [4.69, 9.17) is 13.9 Å². The number of amides is 1. The number of hydrogen-bond acceptors (Lipinski definition) is 6. The number of para-hydroxylation sites is 1. The van der Waals surface area contributed by atoms with Crippen LogP contribution in [0.3, 0.4) is 0 Å². The van der Waals surface area contributed by atoms with Crippen molar-refractivity contribution in [3.05, 3.63) is 62.9 Å². The van der Waals surface area contributed by atoms with Crippen LogP contribution in [-0.2, 0) is 11.3 Å². The second-order valence-corrected chi connectivity index (χ2v) is 8.90. The second-order valence-electron chi connectivity index (χ2n) is 8.04. The third kappa shape index (κ3) is 4.12. The Morgan fingerprint density at radius 1 is 1.06 bits per heavy atom. The normalized spacial score (nSPS) is 16.3. The van der Waals surface area contributed by atoms with Gasteiger partial charge in [-0.15, -0.1) is 0 Å². The molecule has 0 saturated carbocycles. The molecule has 2 aromatic carbocycles. The SMILES string of the molecule is O=C1CCCN1CCCN1COc2ccc3c(=O)c(Oc4ccccc4Br)coc3c2C1. The molecule has 166 valence electrons. The lowest BCUT2D eigenvalue weighted by atomic mass is 10.1. The molecular formula is C24H23BrN2O5. The zero-order chi connectivity index (χ0) is 22.1. The van der Waals surface area contributed by atoms with E-state index in [1.54, 1.807) is 12.1 Å². The van der Waals surface area contributed by atoms with Gasteiger partial charge in [0.2, 0.25) is 17.1 Å². The molecule has 0 aliphatic carbocycles. The van der Waals surface area contributed by atoms with Crippen LogP contribution in [0.15, 0.2) is 56.3 Å². The number of carbonyl (C=O) groups excluding carboxylic acids is 1. The third-order valence-corrected chi connectivity index (χ3v) is 6.54. The predicted molar refractivity (Wildman–Crippen MR) is 123 cm³/mol. The number of rotatable bonds is 6. The largest absolute Gasteiger partial charge is 0.478 e. The average molecular weight is 499 g/mol.